The number of nitrogens with two attached hydrogens (primary N) is 1. The lowest BCUT2D eigenvalue weighted by molar-refractivity contribution is -0.171. The second-order valence-electron chi connectivity index (χ2n) is 7.69. The molecule has 0 bridgehead atoms. The van der Waals surface area contributed by atoms with Crippen LogP contribution in [0.5, 0.6) is 0 Å². The van der Waals surface area contributed by atoms with E-state index in [-0.39, 0.29) is 35.9 Å². The number of nitrogens with zero attached hydrogens (tertiary/aromatic N) is 2. The maximum Gasteiger partial charge on any atom is 0.241 e. The number of ether oxygens (including phenoxy) is 1. The maximum atomic E-state index is 12.8. The lowest BCUT2D eigenvalue weighted by Crippen LogP contribution is -2.76. The standard InChI is InChI=1S/C18H32N4O2.ClH/c1-8-24-15-10-18(19,17(15,5)6)16(23)20-11(2)9-14-12(3)21-22(7)13(14)4;/h11,15H,8-10,19H2,1-7H3,(H,20,23);1H. The molecule has 2 rings (SSSR count). The Bertz CT molecular complexity index is 629. The Morgan fingerprint density at radius 2 is 2.08 bits per heavy atom. The van der Waals surface area contributed by atoms with Gasteiger partial charge < -0.3 is 15.8 Å². The third-order valence-corrected chi connectivity index (χ3v) is 5.78. The van der Waals surface area contributed by atoms with E-state index in [9.17, 15) is 4.79 Å². The van der Waals surface area contributed by atoms with Crippen LogP contribution in [0.3, 0.4) is 0 Å². The summed E-state index contributed by atoms with van der Waals surface area (Å²) < 4.78 is 7.58. The zero-order chi connectivity index (χ0) is 18.3. The third kappa shape index (κ3) is 3.71. The molecule has 3 N–H and O–H groups in total. The molecule has 1 aromatic rings. The summed E-state index contributed by atoms with van der Waals surface area (Å²) in [6.45, 7) is 12.7. The van der Waals surface area contributed by atoms with Gasteiger partial charge >= 0.3 is 0 Å². The number of aromatic nitrogens is 2. The average molecular weight is 373 g/mol. The minimum atomic E-state index is -0.875. The molecule has 1 aliphatic rings. The van der Waals surface area contributed by atoms with Gasteiger partial charge in [0, 0.05) is 37.2 Å². The van der Waals surface area contributed by atoms with E-state index in [4.69, 9.17) is 10.5 Å². The van der Waals surface area contributed by atoms with Crippen molar-refractivity contribution in [3.8, 4) is 0 Å². The molecule has 1 fully saturated rings. The van der Waals surface area contributed by atoms with Crippen LogP contribution in [0.1, 0.15) is 51.1 Å². The van der Waals surface area contributed by atoms with Crippen molar-refractivity contribution in [2.24, 2.45) is 18.2 Å². The van der Waals surface area contributed by atoms with E-state index in [0.29, 0.717) is 13.0 Å². The zero-order valence-electron chi connectivity index (χ0n) is 16.5. The van der Waals surface area contributed by atoms with Crippen molar-refractivity contribution in [2.75, 3.05) is 6.61 Å². The topological polar surface area (TPSA) is 82.2 Å². The third-order valence-electron chi connectivity index (χ3n) is 5.78. The average Bonchev–Trinajstić information content (AvgIpc) is 2.73. The first kappa shape index (κ1) is 21.9. The number of halogens is 1. The summed E-state index contributed by atoms with van der Waals surface area (Å²) in [5.74, 6) is -0.0878. The van der Waals surface area contributed by atoms with Gasteiger partial charge in [-0.25, -0.2) is 0 Å². The molecule has 25 heavy (non-hydrogen) atoms. The van der Waals surface area contributed by atoms with Crippen LogP contribution in [0.4, 0.5) is 0 Å². The van der Waals surface area contributed by atoms with Crippen LogP contribution in [0.15, 0.2) is 0 Å². The highest BCUT2D eigenvalue weighted by molar-refractivity contribution is 5.89. The molecule has 1 aromatic heterocycles. The number of hydrogen-bond donors (Lipinski definition) is 2. The largest absolute Gasteiger partial charge is 0.378 e. The minimum Gasteiger partial charge on any atom is -0.378 e. The number of aryl methyl sites for hydroxylation is 2. The number of carbonyl (C=O) groups is 1. The summed E-state index contributed by atoms with van der Waals surface area (Å²) in [4.78, 5) is 12.8. The van der Waals surface area contributed by atoms with Crippen LogP contribution >= 0.6 is 12.4 Å². The molecule has 1 amide bonds. The number of hydrogen-bond acceptors (Lipinski definition) is 4. The SMILES string of the molecule is CCOC1CC(N)(C(=O)NC(C)Cc2c(C)nn(C)c2C)C1(C)C.Cl. The van der Waals surface area contributed by atoms with Gasteiger partial charge in [-0.05, 0) is 39.7 Å². The molecule has 0 saturated heterocycles. The first-order chi connectivity index (χ1) is 11.0. The van der Waals surface area contributed by atoms with Crippen LogP contribution in [-0.2, 0) is 23.0 Å². The van der Waals surface area contributed by atoms with E-state index in [0.717, 1.165) is 17.8 Å². The van der Waals surface area contributed by atoms with Gasteiger partial charge in [0.05, 0.1) is 11.8 Å². The van der Waals surface area contributed by atoms with Crippen molar-refractivity contribution in [3.63, 3.8) is 0 Å². The van der Waals surface area contributed by atoms with Gasteiger partial charge in [-0.15, -0.1) is 12.4 Å². The summed E-state index contributed by atoms with van der Waals surface area (Å²) in [5, 5.41) is 7.53. The first-order valence-electron chi connectivity index (χ1n) is 8.75. The molecule has 1 aliphatic carbocycles. The molecule has 1 saturated carbocycles. The molecule has 1 heterocycles. The van der Waals surface area contributed by atoms with Gasteiger partial charge in [-0.1, -0.05) is 13.8 Å². The summed E-state index contributed by atoms with van der Waals surface area (Å²) in [5.41, 5.74) is 8.54. The highest BCUT2D eigenvalue weighted by Gasteiger charge is 2.62. The Morgan fingerprint density at radius 1 is 1.48 bits per heavy atom. The molecular weight excluding hydrogens is 340 g/mol. The monoisotopic (exact) mass is 372 g/mol. The van der Waals surface area contributed by atoms with Gasteiger partial charge in [0.1, 0.15) is 5.54 Å². The summed E-state index contributed by atoms with van der Waals surface area (Å²) in [6.07, 6.45) is 1.36. The number of amides is 1. The molecule has 3 unspecified atom stereocenters. The second kappa shape index (κ2) is 7.64. The van der Waals surface area contributed by atoms with Crippen LogP contribution in [0.25, 0.3) is 0 Å². The predicted octanol–water partition coefficient (Wildman–Crippen LogP) is 2.04. The molecule has 0 radical (unpaired) electrons. The van der Waals surface area contributed by atoms with Crippen molar-refractivity contribution in [2.45, 2.75) is 72.1 Å². The molecule has 6 nitrogen and oxygen atoms in total. The Hall–Kier alpha value is -1.11. The van der Waals surface area contributed by atoms with Crippen molar-refractivity contribution in [3.05, 3.63) is 17.0 Å². The van der Waals surface area contributed by atoms with Crippen molar-refractivity contribution >= 4 is 18.3 Å². The van der Waals surface area contributed by atoms with Gasteiger partial charge in [0.25, 0.3) is 0 Å². The lowest BCUT2D eigenvalue weighted by Gasteiger charge is -2.57. The van der Waals surface area contributed by atoms with E-state index < -0.39 is 5.54 Å². The smallest absolute Gasteiger partial charge is 0.241 e. The fraction of sp³-hybridized carbons (Fsp3) is 0.778. The van der Waals surface area contributed by atoms with Crippen molar-refractivity contribution < 1.29 is 9.53 Å². The molecule has 7 heteroatoms. The van der Waals surface area contributed by atoms with E-state index in [2.05, 4.69) is 17.3 Å². The van der Waals surface area contributed by atoms with Crippen LogP contribution in [0.2, 0.25) is 0 Å². The fourth-order valence-corrected chi connectivity index (χ4v) is 3.64. The quantitative estimate of drug-likeness (QED) is 0.800. The lowest BCUT2D eigenvalue weighted by atomic mass is 9.54. The van der Waals surface area contributed by atoms with E-state index in [1.807, 2.05) is 46.3 Å². The van der Waals surface area contributed by atoms with Gasteiger partial charge in [-0.2, -0.15) is 5.10 Å². The number of carbonyl (C=O) groups excluding carboxylic acids is 1. The van der Waals surface area contributed by atoms with Gasteiger partial charge in [0.15, 0.2) is 0 Å². The van der Waals surface area contributed by atoms with E-state index >= 15 is 0 Å². The van der Waals surface area contributed by atoms with E-state index in [1.165, 1.54) is 5.56 Å². The summed E-state index contributed by atoms with van der Waals surface area (Å²) in [7, 11) is 1.94. The normalized spacial score (nSPS) is 25.7. The molecule has 0 aliphatic heterocycles. The fourth-order valence-electron chi connectivity index (χ4n) is 3.64. The molecule has 0 aromatic carbocycles. The Kier molecular flexibility index (Phi) is 6.70. The van der Waals surface area contributed by atoms with E-state index in [1.54, 1.807) is 0 Å². The van der Waals surface area contributed by atoms with Crippen molar-refractivity contribution in [1.82, 2.24) is 15.1 Å². The maximum absolute atomic E-state index is 12.8. The Balaban J connectivity index is 0.00000312. The minimum absolute atomic E-state index is 0. The Morgan fingerprint density at radius 3 is 2.52 bits per heavy atom. The van der Waals surface area contributed by atoms with Gasteiger partial charge in [-0.3, -0.25) is 9.48 Å². The molecule has 3 atom stereocenters. The molecule has 0 spiro atoms. The number of rotatable bonds is 6. The molecular formula is C18H33ClN4O2. The highest BCUT2D eigenvalue weighted by Crippen LogP contribution is 2.49. The van der Waals surface area contributed by atoms with Gasteiger partial charge in [0.2, 0.25) is 5.91 Å². The van der Waals surface area contributed by atoms with Crippen LogP contribution in [0, 0.1) is 19.3 Å². The first-order valence-corrected chi connectivity index (χ1v) is 8.75. The van der Waals surface area contributed by atoms with Crippen molar-refractivity contribution in [1.29, 1.82) is 0 Å². The summed E-state index contributed by atoms with van der Waals surface area (Å²) >= 11 is 0. The number of nitrogens with one attached hydrogen (secondary N) is 1. The zero-order valence-corrected chi connectivity index (χ0v) is 17.3. The second-order valence-corrected chi connectivity index (χ2v) is 7.69. The predicted molar refractivity (Wildman–Crippen MR) is 102 cm³/mol. The van der Waals surface area contributed by atoms with Crippen LogP contribution < -0.4 is 11.1 Å². The molecule has 144 valence electrons. The Labute approximate surface area is 157 Å². The highest BCUT2D eigenvalue weighted by atomic mass is 35.5. The summed E-state index contributed by atoms with van der Waals surface area (Å²) in [6, 6.07) is 0.00136. The van der Waals surface area contributed by atoms with Crippen LogP contribution in [-0.4, -0.2) is 40.0 Å².